The molecule has 0 bridgehead atoms. The standard InChI is InChI=1S/C15H21N3O2/c1-3-10(2)14-15(20)17-12-7-5-4-6-11(12)8-18(14)9-13(16)19/h4-7,10,14H,3,8-9H2,1-2H3,(H2,16,19)(H,17,20)/t10?,14-/m0/s1. The maximum absolute atomic E-state index is 12.5. The Labute approximate surface area is 119 Å². The summed E-state index contributed by atoms with van der Waals surface area (Å²) in [5.41, 5.74) is 7.16. The monoisotopic (exact) mass is 275 g/mol. The van der Waals surface area contributed by atoms with Crippen molar-refractivity contribution in [2.45, 2.75) is 32.9 Å². The molecule has 0 saturated carbocycles. The molecule has 2 amide bonds. The van der Waals surface area contributed by atoms with Gasteiger partial charge in [-0.1, -0.05) is 38.5 Å². The van der Waals surface area contributed by atoms with Gasteiger partial charge < -0.3 is 11.1 Å². The van der Waals surface area contributed by atoms with E-state index in [4.69, 9.17) is 5.73 Å². The highest BCUT2D eigenvalue weighted by atomic mass is 16.2. The Morgan fingerprint density at radius 1 is 1.50 bits per heavy atom. The van der Waals surface area contributed by atoms with Gasteiger partial charge in [0.15, 0.2) is 0 Å². The topological polar surface area (TPSA) is 75.4 Å². The predicted octanol–water partition coefficient (Wildman–Crippen LogP) is 1.34. The van der Waals surface area contributed by atoms with Gasteiger partial charge in [-0.15, -0.1) is 0 Å². The summed E-state index contributed by atoms with van der Waals surface area (Å²) in [7, 11) is 0. The molecule has 2 atom stereocenters. The van der Waals surface area contributed by atoms with E-state index >= 15 is 0 Å². The normalized spacial score (nSPS) is 20.7. The lowest BCUT2D eigenvalue weighted by Crippen LogP contribution is -2.48. The second kappa shape index (κ2) is 6.05. The number of nitrogens with two attached hydrogens (primary N) is 1. The quantitative estimate of drug-likeness (QED) is 0.870. The van der Waals surface area contributed by atoms with E-state index in [1.54, 1.807) is 0 Å². The van der Waals surface area contributed by atoms with Crippen molar-refractivity contribution in [1.82, 2.24) is 4.90 Å². The number of primary amides is 1. The first-order chi connectivity index (χ1) is 9.52. The molecule has 1 unspecified atom stereocenters. The van der Waals surface area contributed by atoms with Gasteiger partial charge in [0.2, 0.25) is 11.8 Å². The second-order valence-corrected chi connectivity index (χ2v) is 5.35. The van der Waals surface area contributed by atoms with E-state index in [1.807, 2.05) is 43.0 Å². The minimum Gasteiger partial charge on any atom is -0.369 e. The van der Waals surface area contributed by atoms with Gasteiger partial charge in [0.1, 0.15) is 0 Å². The molecule has 3 N–H and O–H groups in total. The predicted molar refractivity (Wildman–Crippen MR) is 77.9 cm³/mol. The molecule has 1 aliphatic rings. The minimum absolute atomic E-state index is 0.0643. The first kappa shape index (κ1) is 14.5. The van der Waals surface area contributed by atoms with Crippen LogP contribution < -0.4 is 11.1 Å². The zero-order valence-corrected chi connectivity index (χ0v) is 11.9. The third-order valence-electron chi connectivity index (χ3n) is 3.85. The van der Waals surface area contributed by atoms with Gasteiger partial charge in [-0.3, -0.25) is 14.5 Å². The van der Waals surface area contributed by atoms with Crippen molar-refractivity contribution < 1.29 is 9.59 Å². The molecule has 0 spiro atoms. The van der Waals surface area contributed by atoms with E-state index < -0.39 is 5.91 Å². The molecule has 1 aliphatic heterocycles. The number of carbonyl (C=O) groups is 2. The summed E-state index contributed by atoms with van der Waals surface area (Å²) in [4.78, 5) is 25.6. The van der Waals surface area contributed by atoms with Gasteiger partial charge in [0, 0.05) is 12.2 Å². The van der Waals surface area contributed by atoms with Crippen LogP contribution in [0.2, 0.25) is 0 Å². The van der Waals surface area contributed by atoms with Crippen molar-refractivity contribution in [3.8, 4) is 0 Å². The summed E-state index contributed by atoms with van der Waals surface area (Å²) in [5.74, 6) is -0.320. The summed E-state index contributed by atoms with van der Waals surface area (Å²) in [5, 5.41) is 2.96. The Balaban J connectivity index is 2.37. The molecule has 2 rings (SSSR count). The molecular formula is C15H21N3O2. The lowest BCUT2D eigenvalue weighted by molar-refractivity contribution is -0.126. The first-order valence-corrected chi connectivity index (χ1v) is 6.94. The van der Waals surface area contributed by atoms with Crippen LogP contribution in [-0.4, -0.2) is 29.3 Å². The first-order valence-electron chi connectivity index (χ1n) is 6.94. The lowest BCUT2D eigenvalue weighted by atomic mass is 9.96. The molecule has 5 nitrogen and oxygen atoms in total. The maximum atomic E-state index is 12.5. The molecule has 1 aromatic carbocycles. The molecule has 1 aromatic rings. The number of para-hydroxylation sites is 1. The Bertz CT molecular complexity index is 516. The van der Waals surface area contributed by atoms with Crippen LogP contribution in [0.15, 0.2) is 24.3 Å². The van der Waals surface area contributed by atoms with Crippen LogP contribution in [0.3, 0.4) is 0 Å². The van der Waals surface area contributed by atoms with E-state index in [-0.39, 0.29) is 24.4 Å². The number of hydrogen-bond acceptors (Lipinski definition) is 3. The number of amides is 2. The van der Waals surface area contributed by atoms with Crippen molar-refractivity contribution in [2.24, 2.45) is 11.7 Å². The third-order valence-corrected chi connectivity index (χ3v) is 3.85. The fourth-order valence-corrected chi connectivity index (χ4v) is 2.67. The van der Waals surface area contributed by atoms with Crippen LogP contribution in [-0.2, 0) is 16.1 Å². The number of anilines is 1. The number of nitrogens with one attached hydrogen (secondary N) is 1. The number of nitrogens with zero attached hydrogens (tertiary/aromatic N) is 1. The van der Waals surface area contributed by atoms with E-state index in [9.17, 15) is 9.59 Å². The van der Waals surface area contributed by atoms with Gasteiger partial charge in [0.05, 0.1) is 12.6 Å². The molecule has 0 radical (unpaired) electrons. The van der Waals surface area contributed by atoms with Crippen LogP contribution in [0.1, 0.15) is 25.8 Å². The number of rotatable bonds is 4. The highest BCUT2D eigenvalue weighted by molar-refractivity contribution is 5.96. The fraction of sp³-hybridized carbons (Fsp3) is 0.467. The number of carbonyl (C=O) groups excluding carboxylic acids is 2. The second-order valence-electron chi connectivity index (χ2n) is 5.35. The average molecular weight is 275 g/mol. The van der Waals surface area contributed by atoms with E-state index in [2.05, 4.69) is 5.32 Å². The van der Waals surface area contributed by atoms with Crippen molar-refractivity contribution in [3.63, 3.8) is 0 Å². The molecule has 0 saturated heterocycles. The molecule has 0 fully saturated rings. The molecular weight excluding hydrogens is 254 g/mol. The summed E-state index contributed by atoms with van der Waals surface area (Å²) in [6.45, 7) is 4.70. The van der Waals surface area contributed by atoms with Crippen molar-refractivity contribution in [1.29, 1.82) is 0 Å². The number of fused-ring (bicyclic) bond motifs is 1. The Morgan fingerprint density at radius 2 is 2.20 bits per heavy atom. The van der Waals surface area contributed by atoms with Crippen LogP contribution in [0, 0.1) is 5.92 Å². The Hall–Kier alpha value is -1.88. The van der Waals surface area contributed by atoms with Gasteiger partial charge in [-0.05, 0) is 17.5 Å². The van der Waals surface area contributed by atoms with Gasteiger partial charge in [0.25, 0.3) is 0 Å². The van der Waals surface area contributed by atoms with Crippen LogP contribution in [0.4, 0.5) is 5.69 Å². The fourth-order valence-electron chi connectivity index (χ4n) is 2.67. The highest BCUT2D eigenvalue weighted by Crippen LogP contribution is 2.26. The molecule has 20 heavy (non-hydrogen) atoms. The Morgan fingerprint density at radius 3 is 2.85 bits per heavy atom. The summed E-state index contributed by atoms with van der Waals surface area (Å²) >= 11 is 0. The van der Waals surface area contributed by atoms with Crippen LogP contribution in [0.5, 0.6) is 0 Å². The van der Waals surface area contributed by atoms with Gasteiger partial charge in [-0.2, -0.15) is 0 Å². The highest BCUT2D eigenvalue weighted by Gasteiger charge is 2.34. The summed E-state index contributed by atoms with van der Waals surface area (Å²) in [6, 6.07) is 7.33. The smallest absolute Gasteiger partial charge is 0.242 e. The average Bonchev–Trinajstić information content (AvgIpc) is 2.52. The van der Waals surface area contributed by atoms with Gasteiger partial charge >= 0.3 is 0 Å². The third kappa shape index (κ3) is 2.99. The van der Waals surface area contributed by atoms with Crippen LogP contribution >= 0.6 is 0 Å². The molecule has 0 aromatic heterocycles. The Kier molecular flexibility index (Phi) is 4.39. The minimum atomic E-state index is -0.412. The zero-order valence-electron chi connectivity index (χ0n) is 11.9. The van der Waals surface area contributed by atoms with E-state index in [0.717, 1.165) is 17.7 Å². The van der Waals surface area contributed by atoms with E-state index in [1.165, 1.54) is 0 Å². The number of benzene rings is 1. The molecule has 0 aliphatic carbocycles. The largest absolute Gasteiger partial charge is 0.369 e. The lowest BCUT2D eigenvalue weighted by Gasteiger charge is -2.31. The zero-order chi connectivity index (χ0) is 14.7. The number of hydrogen-bond donors (Lipinski definition) is 2. The van der Waals surface area contributed by atoms with Crippen molar-refractivity contribution in [3.05, 3.63) is 29.8 Å². The summed E-state index contributed by atoms with van der Waals surface area (Å²) < 4.78 is 0. The van der Waals surface area contributed by atoms with Crippen molar-refractivity contribution >= 4 is 17.5 Å². The molecule has 108 valence electrons. The summed E-state index contributed by atoms with van der Waals surface area (Å²) in [6.07, 6.45) is 0.865. The SMILES string of the molecule is CCC(C)[C@H]1C(=O)Nc2ccccc2CN1CC(N)=O. The molecule has 5 heteroatoms. The van der Waals surface area contributed by atoms with Gasteiger partial charge in [-0.25, -0.2) is 0 Å². The van der Waals surface area contributed by atoms with E-state index in [0.29, 0.717) is 6.54 Å². The van der Waals surface area contributed by atoms with Crippen LogP contribution in [0.25, 0.3) is 0 Å². The molecule has 1 heterocycles. The van der Waals surface area contributed by atoms with Crippen molar-refractivity contribution in [2.75, 3.05) is 11.9 Å². The maximum Gasteiger partial charge on any atom is 0.242 e.